The van der Waals surface area contributed by atoms with Crippen molar-refractivity contribution in [3.63, 3.8) is 0 Å². The molecular formula is C13H19F2N3. The molecular weight excluding hydrogens is 236 g/mol. The van der Waals surface area contributed by atoms with Gasteiger partial charge in [-0.05, 0) is 18.7 Å². The van der Waals surface area contributed by atoms with E-state index in [1.165, 1.54) is 6.07 Å². The van der Waals surface area contributed by atoms with E-state index in [2.05, 4.69) is 22.4 Å². The van der Waals surface area contributed by atoms with E-state index < -0.39 is 6.43 Å². The third-order valence-electron chi connectivity index (χ3n) is 3.21. The van der Waals surface area contributed by atoms with Crippen molar-refractivity contribution in [3.05, 3.63) is 35.4 Å². The molecule has 0 atom stereocenters. The number of rotatable bonds is 4. The molecule has 3 nitrogen and oxygen atoms in total. The molecule has 5 heteroatoms. The Balaban J connectivity index is 1.84. The van der Waals surface area contributed by atoms with Gasteiger partial charge in [0.2, 0.25) is 0 Å². The Morgan fingerprint density at radius 3 is 2.61 bits per heavy atom. The Kier molecular flexibility index (Phi) is 4.63. The van der Waals surface area contributed by atoms with Crippen molar-refractivity contribution in [2.75, 3.05) is 33.2 Å². The summed E-state index contributed by atoms with van der Waals surface area (Å²) in [6.07, 6.45) is -2.39. The van der Waals surface area contributed by atoms with Crippen molar-refractivity contribution in [3.8, 4) is 0 Å². The molecule has 1 aliphatic rings. The number of benzene rings is 1. The highest BCUT2D eigenvalue weighted by atomic mass is 19.3. The first-order chi connectivity index (χ1) is 8.65. The first kappa shape index (κ1) is 13.4. The third kappa shape index (κ3) is 3.73. The van der Waals surface area contributed by atoms with Crippen LogP contribution >= 0.6 is 0 Å². The molecule has 1 N–H and O–H groups in total. The van der Waals surface area contributed by atoms with E-state index in [1.54, 1.807) is 12.1 Å². The van der Waals surface area contributed by atoms with Gasteiger partial charge >= 0.3 is 0 Å². The number of halogens is 2. The summed E-state index contributed by atoms with van der Waals surface area (Å²) in [7, 11) is 2.10. The number of nitrogens with zero attached hydrogens (tertiary/aromatic N) is 2. The van der Waals surface area contributed by atoms with Crippen LogP contribution < -0.4 is 5.43 Å². The van der Waals surface area contributed by atoms with Crippen LogP contribution in [0.1, 0.15) is 17.6 Å². The van der Waals surface area contributed by atoms with Crippen LogP contribution in [0, 0.1) is 0 Å². The molecule has 18 heavy (non-hydrogen) atoms. The summed E-state index contributed by atoms with van der Waals surface area (Å²) in [5.74, 6) is 0. The minimum Gasteiger partial charge on any atom is -0.304 e. The maximum absolute atomic E-state index is 12.5. The zero-order chi connectivity index (χ0) is 13.0. The van der Waals surface area contributed by atoms with Crippen LogP contribution in [-0.2, 0) is 6.54 Å². The second-order valence-corrected chi connectivity index (χ2v) is 4.67. The van der Waals surface area contributed by atoms with E-state index in [1.807, 2.05) is 6.07 Å². The molecule has 0 unspecified atom stereocenters. The van der Waals surface area contributed by atoms with Crippen molar-refractivity contribution in [2.24, 2.45) is 0 Å². The smallest absolute Gasteiger partial charge is 0.263 e. The standard InChI is InChI=1S/C13H19F2N3/c1-17-5-7-18(8-6-17)16-10-11-3-2-4-12(9-11)13(14)15/h2-4,9,13,16H,5-8,10H2,1H3. The van der Waals surface area contributed by atoms with Gasteiger partial charge < -0.3 is 4.90 Å². The molecule has 0 amide bonds. The third-order valence-corrected chi connectivity index (χ3v) is 3.21. The molecule has 0 saturated carbocycles. The summed E-state index contributed by atoms with van der Waals surface area (Å²) in [6.45, 7) is 4.59. The van der Waals surface area contributed by atoms with E-state index in [-0.39, 0.29) is 5.56 Å². The topological polar surface area (TPSA) is 18.5 Å². The van der Waals surface area contributed by atoms with Crippen molar-refractivity contribution in [1.29, 1.82) is 0 Å². The lowest BCUT2D eigenvalue weighted by atomic mass is 10.1. The van der Waals surface area contributed by atoms with E-state index in [0.29, 0.717) is 6.54 Å². The summed E-state index contributed by atoms with van der Waals surface area (Å²) in [6, 6.07) is 6.58. The lowest BCUT2D eigenvalue weighted by Gasteiger charge is -2.32. The van der Waals surface area contributed by atoms with Gasteiger partial charge in [-0.2, -0.15) is 0 Å². The van der Waals surface area contributed by atoms with E-state index in [9.17, 15) is 8.78 Å². The molecule has 2 rings (SSSR count). The monoisotopic (exact) mass is 255 g/mol. The summed E-state index contributed by atoms with van der Waals surface area (Å²) in [5, 5.41) is 2.15. The summed E-state index contributed by atoms with van der Waals surface area (Å²) in [4.78, 5) is 2.27. The van der Waals surface area contributed by atoms with E-state index >= 15 is 0 Å². The Morgan fingerprint density at radius 2 is 1.94 bits per heavy atom. The van der Waals surface area contributed by atoms with Crippen LogP contribution in [-0.4, -0.2) is 43.1 Å². The average molecular weight is 255 g/mol. The fourth-order valence-corrected chi connectivity index (χ4v) is 2.01. The average Bonchev–Trinajstić information content (AvgIpc) is 2.38. The number of hydrogen-bond donors (Lipinski definition) is 1. The normalized spacial score (nSPS) is 18.4. The molecule has 0 spiro atoms. The molecule has 1 saturated heterocycles. The minimum absolute atomic E-state index is 0.0904. The number of alkyl halides is 2. The molecule has 1 aromatic carbocycles. The summed E-state index contributed by atoms with van der Waals surface area (Å²) >= 11 is 0. The Hall–Kier alpha value is -1.04. The lowest BCUT2D eigenvalue weighted by molar-refractivity contribution is 0.102. The molecule has 0 radical (unpaired) electrons. The first-order valence-corrected chi connectivity index (χ1v) is 6.19. The van der Waals surface area contributed by atoms with E-state index in [4.69, 9.17) is 0 Å². The highest BCUT2D eigenvalue weighted by molar-refractivity contribution is 5.24. The second-order valence-electron chi connectivity index (χ2n) is 4.67. The predicted octanol–water partition coefficient (Wildman–Crippen LogP) is 1.88. The van der Waals surface area contributed by atoms with Crippen LogP contribution in [0.3, 0.4) is 0 Å². The lowest BCUT2D eigenvalue weighted by Crippen LogP contribution is -2.50. The molecule has 1 aromatic rings. The van der Waals surface area contributed by atoms with Gasteiger partial charge in [-0.15, -0.1) is 0 Å². The van der Waals surface area contributed by atoms with Gasteiger partial charge in [0, 0.05) is 38.3 Å². The van der Waals surface area contributed by atoms with Gasteiger partial charge in [-0.1, -0.05) is 18.2 Å². The quantitative estimate of drug-likeness (QED) is 0.886. The van der Waals surface area contributed by atoms with Crippen molar-refractivity contribution >= 4 is 0 Å². The minimum atomic E-state index is -2.39. The predicted molar refractivity (Wildman–Crippen MR) is 67.3 cm³/mol. The number of piperazine rings is 1. The first-order valence-electron chi connectivity index (χ1n) is 6.19. The van der Waals surface area contributed by atoms with Gasteiger partial charge in [0.1, 0.15) is 0 Å². The van der Waals surface area contributed by atoms with Crippen molar-refractivity contribution in [2.45, 2.75) is 13.0 Å². The van der Waals surface area contributed by atoms with Crippen LogP contribution in [0.5, 0.6) is 0 Å². The molecule has 0 aliphatic carbocycles. The maximum atomic E-state index is 12.5. The fourth-order valence-electron chi connectivity index (χ4n) is 2.01. The van der Waals surface area contributed by atoms with Gasteiger partial charge in [-0.3, -0.25) is 5.43 Å². The van der Waals surface area contributed by atoms with Crippen molar-refractivity contribution in [1.82, 2.24) is 15.3 Å². The van der Waals surface area contributed by atoms with Gasteiger partial charge in [0.25, 0.3) is 6.43 Å². The molecule has 1 fully saturated rings. The number of likely N-dealkylation sites (N-methyl/N-ethyl adjacent to an activating group) is 1. The van der Waals surface area contributed by atoms with Crippen LogP contribution in [0.2, 0.25) is 0 Å². The summed E-state index contributed by atoms with van der Waals surface area (Å²) in [5.41, 5.74) is 4.27. The Labute approximate surface area is 106 Å². The molecule has 0 bridgehead atoms. The second kappa shape index (κ2) is 6.22. The van der Waals surface area contributed by atoms with Crippen molar-refractivity contribution < 1.29 is 8.78 Å². The highest BCUT2D eigenvalue weighted by Crippen LogP contribution is 2.19. The number of hydrazine groups is 1. The van der Waals surface area contributed by atoms with Gasteiger partial charge in [0.05, 0.1) is 0 Å². The highest BCUT2D eigenvalue weighted by Gasteiger charge is 2.13. The van der Waals surface area contributed by atoms with E-state index in [0.717, 1.165) is 31.7 Å². The van der Waals surface area contributed by atoms with Gasteiger partial charge in [0.15, 0.2) is 0 Å². The number of nitrogens with one attached hydrogen (secondary N) is 1. The van der Waals surface area contributed by atoms with Crippen LogP contribution in [0.15, 0.2) is 24.3 Å². The largest absolute Gasteiger partial charge is 0.304 e. The molecule has 0 aromatic heterocycles. The zero-order valence-electron chi connectivity index (χ0n) is 10.6. The molecule has 1 heterocycles. The maximum Gasteiger partial charge on any atom is 0.263 e. The van der Waals surface area contributed by atoms with Crippen LogP contribution in [0.25, 0.3) is 0 Å². The summed E-state index contributed by atoms with van der Waals surface area (Å²) < 4.78 is 25.1. The Bertz CT molecular complexity index is 376. The fraction of sp³-hybridized carbons (Fsp3) is 0.538. The zero-order valence-corrected chi connectivity index (χ0v) is 10.6. The number of hydrogen-bond acceptors (Lipinski definition) is 3. The molecule has 1 aliphatic heterocycles. The Morgan fingerprint density at radius 1 is 1.22 bits per heavy atom. The van der Waals surface area contributed by atoms with Crippen LogP contribution in [0.4, 0.5) is 8.78 Å². The SMILES string of the molecule is CN1CCN(NCc2cccc(C(F)F)c2)CC1. The molecule has 100 valence electrons. The van der Waals surface area contributed by atoms with Gasteiger partial charge in [-0.25, -0.2) is 13.8 Å².